The first-order valence-corrected chi connectivity index (χ1v) is 36.2. The molecule has 2 saturated heterocycles. The first-order valence-electron chi connectivity index (χ1n) is 36.2. The standard InChI is InChI=1S/C79H129NO13/c1-3-5-7-9-11-13-15-17-19-21-23-25-27-28-29-30-31-32-33-34-35-36-37-38-39-40-41-43-45-47-49-51-53-55-57-59-61-63-71(84)80-67(66-90-78-76(89)74(87)77(70(65-82)92-78)93-79-75(88)73(86)72(85)69(64-81)91-79)68(83)62-60-58-56-54-52-50-48-46-44-42-26-24-22-20-18-16-14-12-10-8-6-4-2/h5,7,11,13,17,19,23,25,28-29,31-32,34-35,37-38,40-41,45,47,51-54,60,62,67-70,72-79,81-83,85-89H,3-4,6,8-10,12,14-16,18,20-22,24,26-27,30,33,36,39,42-44,46,48-50,55-59,61,63-66H2,1-2H3,(H,80,84)/b7-5-,13-11-,19-17-,25-23-,29-28-,32-31-,35-34-,38-37-,41-40-,47-45-,53-51-,54-52+,62-60+. The van der Waals surface area contributed by atoms with Gasteiger partial charge in [0.15, 0.2) is 12.6 Å². The van der Waals surface area contributed by atoms with Gasteiger partial charge >= 0.3 is 0 Å². The third-order valence-corrected chi connectivity index (χ3v) is 16.4. The molecule has 0 bridgehead atoms. The van der Waals surface area contributed by atoms with Crippen LogP contribution in [0.25, 0.3) is 0 Å². The van der Waals surface area contributed by atoms with E-state index in [0.29, 0.717) is 12.8 Å². The average molecular weight is 1300 g/mol. The average Bonchev–Trinajstić information content (AvgIpc) is 0.852. The molecule has 12 unspecified atom stereocenters. The maximum atomic E-state index is 13.3. The molecule has 0 aromatic rings. The third-order valence-electron chi connectivity index (χ3n) is 16.4. The number of unbranched alkanes of at least 4 members (excludes halogenated alkanes) is 20. The third kappa shape index (κ3) is 44.9. The lowest BCUT2D eigenvalue weighted by Crippen LogP contribution is -2.65. The van der Waals surface area contributed by atoms with Crippen molar-refractivity contribution < 1.29 is 64.6 Å². The van der Waals surface area contributed by atoms with Crippen LogP contribution < -0.4 is 5.32 Å². The molecule has 2 rings (SSSR count). The summed E-state index contributed by atoms with van der Waals surface area (Å²) in [6.45, 7) is 2.65. The Kier molecular flexibility index (Phi) is 55.8. The summed E-state index contributed by atoms with van der Waals surface area (Å²) in [7, 11) is 0. The molecular formula is C79H129NO13. The number of ether oxygens (including phenoxy) is 4. The van der Waals surface area contributed by atoms with Crippen molar-refractivity contribution in [3.63, 3.8) is 0 Å². The van der Waals surface area contributed by atoms with E-state index in [1.807, 2.05) is 6.08 Å². The molecule has 0 aromatic carbocycles. The monoisotopic (exact) mass is 1300 g/mol. The lowest BCUT2D eigenvalue weighted by atomic mass is 9.97. The summed E-state index contributed by atoms with van der Waals surface area (Å²) in [5, 5.41) is 87.4. The molecule has 2 fully saturated rings. The summed E-state index contributed by atoms with van der Waals surface area (Å²) in [6, 6.07) is -0.963. The predicted octanol–water partition coefficient (Wildman–Crippen LogP) is 15.4. The maximum absolute atomic E-state index is 13.3. The van der Waals surface area contributed by atoms with Crippen molar-refractivity contribution in [1.29, 1.82) is 0 Å². The normalized spacial score (nSPS) is 23.5. The minimum absolute atomic E-state index is 0.223. The Balaban J connectivity index is 1.71. The van der Waals surface area contributed by atoms with Gasteiger partial charge in [0.1, 0.15) is 48.8 Å². The van der Waals surface area contributed by atoms with Crippen LogP contribution in [-0.2, 0) is 23.7 Å². The Bertz CT molecular complexity index is 2170. The van der Waals surface area contributed by atoms with Gasteiger partial charge in [-0.3, -0.25) is 4.79 Å². The molecule has 0 radical (unpaired) electrons. The molecule has 12 atom stereocenters. The fraction of sp³-hybridized carbons (Fsp3) is 0.658. The van der Waals surface area contributed by atoms with Crippen LogP contribution in [0, 0.1) is 0 Å². The van der Waals surface area contributed by atoms with E-state index in [1.165, 1.54) is 103 Å². The molecule has 2 aliphatic rings. The quantitative estimate of drug-likeness (QED) is 0.0204. The zero-order chi connectivity index (χ0) is 67.3. The summed E-state index contributed by atoms with van der Waals surface area (Å²) in [5.41, 5.74) is 0. The van der Waals surface area contributed by atoms with Crippen LogP contribution in [0.5, 0.6) is 0 Å². The van der Waals surface area contributed by atoms with Crippen LogP contribution in [0.2, 0.25) is 0 Å². The summed E-state index contributed by atoms with van der Waals surface area (Å²) in [5.74, 6) is -0.286. The van der Waals surface area contributed by atoms with Gasteiger partial charge in [-0.2, -0.15) is 0 Å². The Morgan fingerprint density at radius 3 is 1.18 bits per heavy atom. The van der Waals surface area contributed by atoms with Gasteiger partial charge in [-0.15, -0.1) is 0 Å². The number of carbonyl (C=O) groups is 1. The van der Waals surface area contributed by atoms with E-state index >= 15 is 0 Å². The van der Waals surface area contributed by atoms with E-state index in [2.05, 4.69) is 165 Å². The number of aliphatic hydroxyl groups is 8. The number of nitrogens with one attached hydrogen (secondary N) is 1. The van der Waals surface area contributed by atoms with Gasteiger partial charge in [0.25, 0.3) is 0 Å². The minimum Gasteiger partial charge on any atom is -0.394 e. The van der Waals surface area contributed by atoms with Gasteiger partial charge in [0.05, 0.1) is 32.0 Å². The van der Waals surface area contributed by atoms with E-state index in [0.717, 1.165) is 103 Å². The second-order valence-electron chi connectivity index (χ2n) is 24.6. The van der Waals surface area contributed by atoms with Crippen molar-refractivity contribution in [3.8, 4) is 0 Å². The molecule has 0 aliphatic carbocycles. The summed E-state index contributed by atoms with van der Waals surface area (Å²) in [4.78, 5) is 13.3. The SMILES string of the molecule is CC/C=C\C/C=C\C/C=C\C/C=C\C/C=C\C/C=C\C/C=C\C/C=C\C/C=C\C/C=C\C/C=C\CCCCCC(=O)NC(COC1OC(CO)C(OC2OC(CO)C(O)C(O)C2O)C(O)C1O)C(O)/C=C/CC/C=C/CCCCCCCCCCCCCCCCCC. The van der Waals surface area contributed by atoms with Crippen molar-refractivity contribution >= 4 is 5.91 Å². The maximum Gasteiger partial charge on any atom is 0.220 e. The van der Waals surface area contributed by atoms with E-state index < -0.39 is 86.8 Å². The highest BCUT2D eigenvalue weighted by molar-refractivity contribution is 5.76. The van der Waals surface area contributed by atoms with Gasteiger partial charge in [0.2, 0.25) is 5.91 Å². The van der Waals surface area contributed by atoms with Crippen molar-refractivity contribution in [2.75, 3.05) is 19.8 Å². The molecule has 93 heavy (non-hydrogen) atoms. The van der Waals surface area contributed by atoms with Crippen molar-refractivity contribution in [3.05, 3.63) is 158 Å². The topological polar surface area (TPSA) is 228 Å². The molecule has 14 heteroatoms. The number of allylic oxidation sites excluding steroid dienone is 25. The van der Waals surface area contributed by atoms with Crippen LogP contribution in [0.4, 0.5) is 0 Å². The van der Waals surface area contributed by atoms with E-state index in [1.54, 1.807) is 6.08 Å². The highest BCUT2D eigenvalue weighted by Gasteiger charge is 2.51. The molecule has 2 heterocycles. The Morgan fingerprint density at radius 1 is 0.398 bits per heavy atom. The fourth-order valence-electron chi connectivity index (χ4n) is 10.7. The van der Waals surface area contributed by atoms with Gasteiger partial charge in [0, 0.05) is 6.42 Å². The Morgan fingerprint density at radius 2 is 0.753 bits per heavy atom. The van der Waals surface area contributed by atoms with Gasteiger partial charge in [-0.25, -0.2) is 0 Å². The van der Waals surface area contributed by atoms with Crippen molar-refractivity contribution in [2.24, 2.45) is 0 Å². The number of carbonyl (C=O) groups excluding carboxylic acids is 1. The minimum atomic E-state index is -1.80. The second kappa shape index (κ2) is 61.2. The van der Waals surface area contributed by atoms with Crippen LogP contribution in [0.15, 0.2) is 158 Å². The molecule has 9 N–H and O–H groups in total. The number of rotatable bonds is 57. The number of amides is 1. The smallest absolute Gasteiger partial charge is 0.220 e. The van der Waals surface area contributed by atoms with Crippen LogP contribution in [0.3, 0.4) is 0 Å². The number of aliphatic hydroxyl groups excluding tert-OH is 8. The summed E-state index contributed by atoms with van der Waals surface area (Å²) >= 11 is 0. The Labute approximate surface area is 563 Å². The molecular weight excluding hydrogens is 1170 g/mol. The van der Waals surface area contributed by atoms with Crippen LogP contribution in [-0.4, -0.2) is 140 Å². The lowest BCUT2D eigenvalue weighted by Gasteiger charge is -2.46. The lowest BCUT2D eigenvalue weighted by molar-refractivity contribution is -0.359. The summed E-state index contributed by atoms with van der Waals surface area (Å²) in [6.07, 6.45) is 77.2. The van der Waals surface area contributed by atoms with Crippen LogP contribution in [0.1, 0.15) is 239 Å². The first-order chi connectivity index (χ1) is 45.6. The van der Waals surface area contributed by atoms with E-state index in [4.69, 9.17) is 18.9 Å². The van der Waals surface area contributed by atoms with Gasteiger partial charge in [-0.05, 0) is 116 Å². The van der Waals surface area contributed by atoms with Crippen LogP contribution >= 0.6 is 0 Å². The second-order valence-corrected chi connectivity index (χ2v) is 24.6. The molecule has 14 nitrogen and oxygen atoms in total. The molecule has 0 saturated carbocycles. The predicted molar refractivity (Wildman–Crippen MR) is 382 cm³/mol. The van der Waals surface area contributed by atoms with Crippen molar-refractivity contribution in [2.45, 2.75) is 312 Å². The largest absolute Gasteiger partial charge is 0.394 e. The van der Waals surface area contributed by atoms with E-state index in [9.17, 15) is 45.6 Å². The number of hydrogen-bond donors (Lipinski definition) is 9. The van der Waals surface area contributed by atoms with Gasteiger partial charge < -0.3 is 65.1 Å². The van der Waals surface area contributed by atoms with Crippen molar-refractivity contribution in [1.82, 2.24) is 5.32 Å². The summed E-state index contributed by atoms with van der Waals surface area (Å²) < 4.78 is 22.8. The fourth-order valence-corrected chi connectivity index (χ4v) is 10.7. The molecule has 528 valence electrons. The Hall–Kier alpha value is -4.39. The zero-order valence-corrected chi connectivity index (χ0v) is 57.4. The zero-order valence-electron chi connectivity index (χ0n) is 57.4. The molecule has 1 amide bonds. The van der Waals surface area contributed by atoms with E-state index in [-0.39, 0.29) is 18.9 Å². The molecule has 0 spiro atoms. The van der Waals surface area contributed by atoms with Gasteiger partial charge in [-0.1, -0.05) is 275 Å². The molecule has 2 aliphatic heterocycles. The highest BCUT2D eigenvalue weighted by atomic mass is 16.7. The highest BCUT2D eigenvalue weighted by Crippen LogP contribution is 2.30. The number of hydrogen-bond acceptors (Lipinski definition) is 13. The molecule has 0 aromatic heterocycles. The first kappa shape index (κ1) is 84.7.